The van der Waals surface area contributed by atoms with E-state index in [0.29, 0.717) is 6.54 Å². The van der Waals surface area contributed by atoms with Gasteiger partial charge in [0.1, 0.15) is 4.90 Å². The first-order valence-corrected chi connectivity index (χ1v) is 8.30. The highest BCUT2D eigenvalue weighted by Crippen LogP contribution is 2.20. The van der Waals surface area contributed by atoms with Crippen LogP contribution in [0.3, 0.4) is 0 Å². The molecule has 0 saturated heterocycles. The van der Waals surface area contributed by atoms with Gasteiger partial charge in [-0.2, -0.15) is 5.10 Å². The summed E-state index contributed by atoms with van der Waals surface area (Å²) in [5.74, 6) is 0. The Hall–Kier alpha value is -1.18. The molecule has 0 fully saturated rings. The first kappa shape index (κ1) is 14.2. The van der Waals surface area contributed by atoms with E-state index in [1.54, 1.807) is 4.68 Å². The molecular formula is C12H14BrN3O2S. The maximum Gasteiger partial charge on any atom is 0.178 e. The van der Waals surface area contributed by atoms with Gasteiger partial charge in [0, 0.05) is 23.5 Å². The second-order valence-corrected chi connectivity index (χ2v) is 7.16. The van der Waals surface area contributed by atoms with E-state index in [-0.39, 0.29) is 10.9 Å². The van der Waals surface area contributed by atoms with Crippen molar-refractivity contribution in [2.75, 3.05) is 12.8 Å². The van der Waals surface area contributed by atoms with Crippen molar-refractivity contribution in [2.24, 2.45) is 5.73 Å². The molecule has 19 heavy (non-hydrogen) atoms. The molecule has 0 aliphatic rings. The van der Waals surface area contributed by atoms with Crippen molar-refractivity contribution >= 4 is 25.8 Å². The number of hydrogen-bond donors (Lipinski definition) is 1. The molecule has 0 spiro atoms. The van der Waals surface area contributed by atoms with Crippen molar-refractivity contribution in [3.8, 4) is 0 Å². The van der Waals surface area contributed by atoms with Gasteiger partial charge in [-0.15, -0.1) is 0 Å². The number of nitrogens with two attached hydrogens (primary N) is 1. The van der Waals surface area contributed by atoms with E-state index in [0.717, 1.165) is 16.3 Å². The Balaban J connectivity index is 2.37. The van der Waals surface area contributed by atoms with E-state index in [1.807, 2.05) is 24.3 Å². The summed E-state index contributed by atoms with van der Waals surface area (Å²) >= 11 is 3.37. The molecule has 2 aromatic rings. The molecule has 0 saturated carbocycles. The quantitative estimate of drug-likeness (QED) is 0.914. The molecule has 1 atom stereocenters. The van der Waals surface area contributed by atoms with Crippen LogP contribution >= 0.6 is 15.9 Å². The lowest BCUT2D eigenvalue weighted by Gasteiger charge is -2.15. The Morgan fingerprint density at radius 3 is 2.47 bits per heavy atom. The molecule has 5 nitrogen and oxygen atoms in total. The summed E-state index contributed by atoms with van der Waals surface area (Å²) < 4.78 is 25.5. The lowest BCUT2D eigenvalue weighted by Crippen LogP contribution is -2.20. The van der Waals surface area contributed by atoms with E-state index in [2.05, 4.69) is 21.0 Å². The van der Waals surface area contributed by atoms with Crippen LogP contribution in [0.2, 0.25) is 0 Å². The fourth-order valence-electron chi connectivity index (χ4n) is 1.76. The smallest absolute Gasteiger partial charge is 0.178 e. The highest BCUT2D eigenvalue weighted by atomic mass is 79.9. The summed E-state index contributed by atoms with van der Waals surface area (Å²) in [6.07, 6.45) is 4.01. The Morgan fingerprint density at radius 1 is 1.37 bits per heavy atom. The molecule has 7 heteroatoms. The van der Waals surface area contributed by atoms with E-state index < -0.39 is 9.84 Å². The van der Waals surface area contributed by atoms with Gasteiger partial charge in [0.25, 0.3) is 0 Å². The maximum absolute atomic E-state index is 11.4. The van der Waals surface area contributed by atoms with Crippen LogP contribution in [0.15, 0.2) is 46.0 Å². The number of sulfone groups is 1. The van der Waals surface area contributed by atoms with Gasteiger partial charge < -0.3 is 5.73 Å². The summed E-state index contributed by atoms with van der Waals surface area (Å²) in [6.45, 7) is 0.340. The number of rotatable bonds is 4. The standard InChI is InChI=1S/C12H14BrN3O2S/c1-19(17,18)11-7-15-16(8-11)12(6-14)9-2-4-10(13)5-3-9/h2-5,7-8,12H,6,14H2,1H3. The SMILES string of the molecule is CS(=O)(=O)c1cnn(C(CN)c2ccc(Br)cc2)c1. The van der Waals surface area contributed by atoms with Crippen LogP contribution in [0, 0.1) is 0 Å². The molecule has 0 aliphatic heterocycles. The molecule has 2 rings (SSSR count). The Bertz CT molecular complexity index is 665. The van der Waals surface area contributed by atoms with Crippen LogP contribution in [0.1, 0.15) is 11.6 Å². The van der Waals surface area contributed by atoms with Gasteiger partial charge in [0.05, 0.1) is 12.2 Å². The molecule has 1 aromatic heterocycles. The molecule has 0 bridgehead atoms. The molecule has 102 valence electrons. The molecule has 0 amide bonds. The van der Waals surface area contributed by atoms with Gasteiger partial charge in [0.15, 0.2) is 9.84 Å². The van der Waals surface area contributed by atoms with E-state index in [1.165, 1.54) is 12.4 Å². The fraction of sp³-hybridized carbons (Fsp3) is 0.250. The van der Waals surface area contributed by atoms with Gasteiger partial charge >= 0.3 is 0 Å². The van der Waals surface area contributed by atoms with Gasteiger partial charge in [0.2, 0.25) is 0 Å². The van der Waals surface area contributed by atoms with E-state index in [4.69, 9.17) is 5.73 Å². The number of nitrogens with zero attached hydrogens (tertiary/aromatic N) is 2. The van der Waals surface area contributed by atoms with Crippen LogP contribution < -0.4 is 5.73 Å². The first-order chi connectivity index (χ1) is 8.91. The van der Waals surface area contributed by atoms with Gasteiger partial charge in [-0.1, -0.05) is 28.1 Å². The largest absolute Gasteiger partial charge is 0.328 e. The van der Waals surface area contributed by atoms with Crippen molar-refractivity contribution in [1.29, 1.82) is 0 Å². The van der Waals surface area contributed by atoms with Crippen molar-refractivity contribution in [1.82, 2.24) is 9.78 Å². The van der Waals surface area contributed by atoms with Crippen molar-refractivity contribution in [3.63, 3.8) is 0 Å². The van der Waals surface area contributed by atoms with Crippen molar-refractivity contribution in [2.45, 2.75) is 10.9 Å². The van der Waals surface area contributed by atoms with E-state index in [9.17, 15) is 8.42 Å². The van der Waals surface area contributed by atoms with Gasteiger partial charge in [-0.3, -0.25) is 4.68 Å². The minimum absolute atomic E-state index is 0.177. The summed E-state index contributed by atoms with van der Waals surface area (Å²) in [4.78, 5) is 0.197. The van der Waals surface area contributed by atoms with Crippen LogP contribution in [0.25, 0.3) is 0 Å². The molecule has 1 heterocycles. The minimum Gasteiger partial charge on any atom is -0.328 e. The normalized spacial score (nSPS) is 13.4. The zero-order chi connectivity index (χ0) is 14.0. The highest BCUT2D eigenvalue weighted by molar-refractivity contribution is 9.10. The minimum atomic E-state index is -3.24. The number of halogens is 1. The highest BCUT2D eigenvalue weighted by Gasteiger charge is 2.16. The summed E-state index contributed by atoms with van der Waals surface area (Å²) in [5, 5.41) is 4.10. The summed E-state index contributed by atoms with van der Waals surface area (Å²) in [6, 6.07) is 7.52. The van der Waals surface area contributed by atoms with Crippen molar-refractivity contribution in [3.05, 3.63) is 46.7 Å². The molecule has 1 unspecified atom stereocenters. The third kappa shape index (κ3) is 3.23. The van der Waals surface area contributed by atoms with Crippen LogP contribution in [-0.2, 0) is 9.84 Å². The first-order valence-electron chi connectivity index (χ1n) is 5.61. The van der Waals surface area contributed by atoms with Crippen LogP contribution in [0.4, 0.5) is 0 Å². The fourth-order valence-corrected chi connectivity index (χ4v) is 2.57. The Labute approximate surface area is 120 Å². The monoisotopic (exact) mass is 343 g/mol. The summed E-state index contributed by atoms with van der Waals surface area (Å²) in [7, 11) is -3.24. The molecular weight excluding hydrogens is 330 g/mol. The number of benzene rings is 1. The van der Waals surface area contributed by atoms with Gasteiger partial charge in [-0.25, -0.2) is 8.42 Å². The number of aromatic nitrogens is 2. The van der Waals surface area contributed by atoms with Crippen molar-refractivity contribution < 1.29 is 8.42 Å². The zero-order valence-corrected chi connectivity index (χ0v) is 12.7. The maximum atomic E-state index is 11.4. The third-order valence-electron chi connectivity index (χ3n) is 2.80. The number of hydrogen-bond acceptors (Lipinski definition) is 4. The van der Waals surface area contributed by atoms with E-state index >= 15 is 0 Å². The summed E-state index contributed by atoms with van der Waals surface area (Å²) in [5.41, 5.74) is 6.75. The predicted octanol–water partition coefficient (Wildman–Crippen LogP) is 1.60. The average molecular weight is 344 g/mol. The second-order valence-electron chi connectivity index (χ2n) is 4.23. The zero-order valence-electron chi connectivity index (χ0n) is 10.3. The predicted molar refractivity (Wildman–Crippen MR) is 76.7 cm³/mol. The van der Waals surface area contributed by atoms with Crippen LogP contribution in [-0.4, -0.2) is 31.0 Å². The Morgan fingerprint density at radius 2 is 2.00 bits per heavy atom. The Kier molecular flexibility index (Phi) is 4.07. The van der Waals surface area contributed by atoms with Crippen LogP contribution in [0.5, 0.6) is 0 Å². The topological polar surface area (TPSA) is 78.0 Å². The van der Waals surface area contributed by atoms with Gasteiger partial charge in [-0.05, 0) is 17.7 Å². The third-order valence-corrected chi connectivity index (χ3v) is 4.40. The average Bonchev–Trinajstić information content (AvgIpc) is 2.82. The molecule has 2 N–H and O–H groups in total. The molecule has 1 aromatic carbocycles. The second kappa shape index (κ2) is 5.44. The molecule has 0 radical (unpaired) electrons. The molecule has 0 aliphatic carbocycles. The lowest BCUT2D eigenvalue weighted by molar-refractivity contribution is 0.530. The lowest BCUT2D eigenvalue weighted by atomic mass is 10.1.